The lowest BCUT2D eigenvalue weighted by Crippen LogP contribution is -2.34. The number of aliphatic hydroxyl groups is 1. The van der Waals surface area contributed by atoms with E-state index >= 15 is 0 Å². The van der Waals surface area contributed by atoms with E-state index < -0.39 is 0 Å². The van der Waals surface area contributed by atoms with Gasteiger partial charge >= 0.3 is 0 Å². The normalized spacial score (nSPS) is 29.4. The lowest BCUT2D eigenvalue weighted by Gasteiger charge is -2.25. The van der Waals surface area contributed by atoms with Crippen LogP contribution in [0.4, 0.5) is 0 Å². The molecule has 0 saturated heterocycles. The zero-order valence-electron chi connectivity index (χ0n) is 13.1. The van der Waals surface area contributed by atoms with Crippen molar-refractivity contribution in [3.05, 3.63) is 12.2 Å². The minimum Gasteiger partial charge on any atom is -0.389 e. The molecule has 0 heterocycles. The van der Waals surface area contributed by atoms with Crippen LogP contribution in [0.2, 0.25) is 0 Å². The standard InChI is InChI=1S/C17H31NO2/c1-13-5-3-4-6-16(13)11-20-12-17(19)10-18-9-14(2)15-7-8-15/h3-4,13-19H,5-12H2,1-2H3. The molecule has 0 aromatic carbocycles. The van der Waals surface area contributed by atoms with Gasteiger partial charge in [0, 0.05) is 6.54 Å². The van der Waals surface area contributed by atoms with Crippen LogP contribution in [0.15, 0.2) is 12.2 Å². The number of allylic oxidation sites excluding steroid dienone is 2. The molecule has 2 N–H and O–H groups in total. The Morgan fingerprint density at radius 3 is 2.70 bits per heavy atom. The third-order valence-corrected chi connectivity index (χ3v) is 4.83. The first-order valence-corrected chi connectivity index (χ1v) is 8.28. The average molecular weight is 281 g/mol. The molecule has 0 bridgehead atoms. The van der Waals surface area contributed by atoms with Crippen LogP contribution in [0, 0.1) is 23.7 Å². The summed E-state index contributed by atoms with van der Waals surface area (Å²) in [6.45, 7) is 7.49. The summed E-state index contributed by atoms with van der Waals surface area (Å²) >= 11 is 0. The molecule has 1 fully saturated rings. The molecule has 0 radical (unpaired) electrons. The highest BCUT2D eigenvalue weighted by molar-refractivity contribution is 4.93. The Morgan fingerprint density at radius 1 is 1.25 bits per heavy atom. The predicted octanol–water partition coefficient (Wildman–Crippen LogP) is 2.60. The molecule has 3 nitrogen and oxygen atoms in total. The summed E-state index contributed by atoms with van der Waals surface area (Å²) in [5.74, 6) is 3.00. The number of rotatable bonds is 9. The molecule has 4 unspecified atom stereocenters. The molecular formula is C17H31NO2. The summed E-state index contributed by atoms with van der Waals surface area (Å²) in [6, 6.07) is 0. The van der Waals surface area contributed by atoms with Crippen molar-refractivity contribution >= 4 is 0 Å². The van der Waals surface area contributed by atoms with E-state index in [0.717, 1.165) is 37.8 Å². The van der Waals surface area contributed by atoms with Crippen LogP contribution in [0.5, 0.6) is 0 Å². The quantitative estimate of drug-likeness (QED) is 0.638. The van der Waals surface area contributed by atoms with Gasteiger partial charge in [-0.2, -0.15) is 0 Å². The number of ether oxygens (including phenoxy) is 1. The van der Waals surface area contributed by atoms with Crippen LogP contribution < -0.4 is 5.32 Å². The fourth-order valence-corrected chi connectivity index (χ4v) is 2.96. The summed E-state index contributed by atoms with van der Waals surface area (Å²) in [5.41, 5.74) is 0. The monoisotopic (exact) mass is 281 g/mol. The first-order chi connectivity index (χ1) is 9.66. The van der Waals surface area contributed by atoms with Crippen LogP contribution in [-0.2, 0) is 4.74 Å². The second kappa shape index (κ2) is 8.16. The van der Waals surface area contributed by atoms with Gasteiger partial charge in [0.15, 0.2) is 0 Å². The van der Waals surface area contributed by atoms with Crippen LogP contribution in [0.1, 0.15) is 39.5 Å². The maximum Gasteiger partial charge on any atom is 0.0897 e. The number of aliphatic hydroxyl groups excluding tert-OH is 1. The summed E-state index contributed by atoms with van der Waals surface area (Å²) in [4.78, 5) is 0. The van der Waals surface area contributed by atoms with E-state index in [2.05, 4.69) is 31.3 Å². The number of nitrogens with one attached hydrogen (secondary N) is 1. The van der Waals surface area contributed by atoms with E-state index in [1.54, 1.807) is 0 Å². The largest absolute Gasteiger partial charge is 0.389 e. The molecule has 3 heteroatoms. The van der Waals surface area contributed by atoms with Crippen molar-refractivity contribution in [1.82, 2.24) is 5.32 Å². The van der Waals surface area contributed by atoms with Gasteiger partial charge in [-0.05, 0) is 55.9 Å². The lowest BCUT2D eigenvalue weighted by atomic mass is 9.85. The maximum absolute atomic E-state index is 9.91. The zero-order valence-corrected chi connectivity index (χ0v) is 13.1. The minimum atomic E-state index is -0.379. The van der Waals surface area contributed by atoms with Crippen LogP contribution in [0.3, 0.4) is 0 Å². The van der Waals surface area contributed by atoms with Crippen molar-refractivity contribution in [3.63, 3.8) is 0 Å². The Balaban J connectivity index is 1.49. The number of hydrogen-bond donors (Lipinski definition) is 2. The van der Waals surface area contributed by atoms with Gasteiger partial charge < -0.3 is 15.2 Å². The molecule has 0 aliphatic heterocycles. The average Bonchev–Trinajstić information content (AvgIpc) is 3.25. The third-order valence-electron chi connectivity index (χ3n) is 4.83. The van der Waals surface area contributed by atoms with E-state index in [1.807, 2.05) is 0 Å². The maximum atomic E-state index is 9.91. The van der Waals surface area contributed by atoms with E-state index in [1.165, 1.54) is 12.8 Å². The highest BCUT2D eigenvalue weighted by Crippen LogP contribution is 2.36. The van der Waals surface area contributed by atoms with Crippen molar-refractivity contribution < 1.29 is 9.84 Å². The molecule has 0 amide bonds. The summed E-state index contributed by atoms with van der Waals surface area (Å²) in [6.07, 6.45) is 9.21. The molecule has 2 aliphatic rings. The van der Waals surface area contributed by atoms with Gasteiger partial charge in [-0.3, -0.25) is 0 Å². The Morgan fingerprint density at radius 2 is 2.00 bits per heavy atom. The van der Waals surface area contributed by atoms with Gasteiger partial charge in [0.2, 0.25) is 0 Å². The summed E-state index contributed by atoms with van der Waals surface area (Å²) < 4.78 is 5.70. The fourth-order valence-electron chi connectivity index (χ4n) is 2.96. The van der Waals surface area contributed by atoms with Crippen LogP contribution in [0.25, 0.3) is 0 Å². The highest BCUT2D eigenvalue weighted by Gasteiger charge is 2.27. The summed E-state index contributed by atoms with van der Waals surface area (Å²) in [5, 5.41) is 13.3. The molecular weight excluding hydrogens is 250 g/mol. The zero-order chi connectivity index (χ0) is 14.4. The highest BCUT2D eigenvalue weighted by atomic mass is 16.5. The molecule has 4 atom stereocenters. The molecule has 116 valence electrons. The molecule has 2 rings (SSSR count). The van der Waals surface area contributed by atoms with E-state index in [-0.39, 0.29) is 6.10 Å². The van der Waals surface area contributed by atoms with Crippen LogP contribution in [-0.4, -0.2) is 37.5 Å². The third kappa shape index (κ3) is 5.55. The van der Waals surface area contributed by atoms with E-state index in [4.69, 9.17) is 4.74 Å². The van der Waals surface area contributed by atoms with Gasteiger partial charge in [-0.25, -0.2) is 0 Å². The van der Waals surface area contributed by atoms with Crippen molar-refractivity contribution in [1.29, 1.82) is 0 Å². The van der Waals surface area contributed by atoms with Crippen LogP contribution >= 0.6 is 0 Å². The first-order valence-electron chi connectivity index (χ1n) is 8.28. The van der Waals surface area contributed by atoms with Gasteiger partial charge in [-0.15, -0.1) is 0 Å². The predicted molar refractivity (Wildman–Crippen MR) is 82.6 cm³/mol. The molecule has 1 saturated carbocycles. The van der Waals surface area contributed by atoms with Gasteiger partial charge in [0.25, 0.3) is 0 Å². The number of hydrogen-bond acceptors (Lipinski definition) is 3. The molecule has 0 spiro atoms. The lowest BCUT2D eigenvalue weighted by molar-refractivity contribution is 0.0126. The van der Waals surface area contributed by atoms with Crippen molar-refractivity contribution in [2.45, 2.75) is 45.6 Å². The molecule has 0 aromatic heterocycles. The smallest absolute Gasteiger partial charge is 0.0897 e. The van der Waals surface area contributed by atoms with Gasteiger partial charge in [-0.1, -0.05) is 26.0 Å². The fraction of sp³-hybridized carbons (Fsp3) is 0.882. The Bertz CT molecular complexity index is 301. The molecule has 20 heavy (non-hydrogen) atoms. The van der Waals surface area contributed by atoms with Gasteiger partial charge in [0.05, 0.1) is 19.3 Å². The van der Waals surface area contributed by atoms with Crippen molar-refractivity contribution in [2.75, 3.05) is 26.3 Å². The molecule has 2 aliphatic carbocycles. The Labute approximate surface area is 123 Å². The van der Waals surface area contributed by atoms with E-state index in [0.29, 0.717) is 25.0 Å². The topological polar surface area (TPSA) is 41.5 Å². The Hall–Kier alpha value is -0.380. The second-order valence-corrected chi connectivity index (χ2v) is 6.84. The first kappa shape index (κ1) is 16.0. The van der Waals surface area contributed by atoms with Crippen molar-refractivity contribution in [2.24, 2.45) is 23.7 Å². The second-order valence-electron chi connectivity index (χ2n) is 6.84. The van der Waals surface area contributed by atoms with Gasteiger partial charge in [0.1, 0.15) is 0 Å². The summed E-state index contributed by atoms with van der Waals surface area (Å²) in [7, 11) is 0. The Kier molecular flexibility index (Phi) is 6.53. The van der Waals surface area contributed by atoms with Crippen molar-refractivity contribution in [3.8, 4) is 0 Å². The SMILES string of the molecule is CC(CNCC(O)COCC1CC=CCC1C)C1CC1. The molecule has 0 aromatic rings. The van der Waals surface area contributed by atoms with E-state index in [9.17, 15) is 5.11 Å². The minimum absolute atomic E-state index is 0.379.